The normalized spacial score (nSPS) is 10.6. The highest BCUT2D eigenvalue weighted by Crippen LogP contribution is 2.29. The van der Waals surface area contributed by atoms with Gasteiger partial charge >= 0.3 is 16.8 Å². The number of nitro groups is 1. The van der Waals surface area contributed by atoms with Crippen LogP contribution in [0.3, 0.4) is 0 Å². The molecule has 8 nitrogen and oxygen atoms in total. The number of nitro benzene ring substituents is 1. The number of aromatic nitrogens is 2. The van der Waals surface area contributed by atoms with Crippen LogP contribution >= 0.6 is 0 Å². The number of ether oxygens (including phenoxy) is 1. The summed E-state index contributed by atoms with van der Waals surface area (Å²) in [5, 5.41) is 10.9. The van der Waals surface area contributed by atoms with Crippen LogP contribution in [-0.2, 0) is 7.05 Å². The molecule has 0 atom stereocenters. The van der Waals surface area contributed by atoms with Crippen LogP contribution in [0.25, 0.3) is 11.0 Å². The number of H-pyrrole nitrogens is 1. The van der Waals surface area contributed by atoms with Crippen molar-refractivity contribution < 1.29 is 9.66 Å². The molecular formula is C10H9N3O5. The van der Waals surface area contributed by atoms with E-state index in [2.05, 4.69) is 4.98 Å². The molecule has 1 aromatic carbocycles. The van der Waals surface area contributed by atoms with Crippen molar-refractivity contribution in [1.29, 1.82) is 0 Å². The van der Waals surface area contributed by atoms with E-state index < -0.39 is 16.0 Å². The molecular weight excluding hydrogens is 242 g/mol. The second-order valence-corrected chi connectivity index (χ2v) is 3.62. The first kappa shape index (κ1) is 11.8. The minimum atomic E-state index is -0.791. The maximum atomic E-state index is 11.4. The lowest BCUT2D eigenvalue weighted by Crippen LogP contribution is -2.34. The average Bonchev–Trinajstić information content (AvgIpc) is 2.34. The molecule has 0 bridgehead atoms. The van der Waals surface area contributed by atoms with Gasteiger partial charge in [-0.3, -0.25) is 19.7 Å². The first-order chi connectivity index (χ1) is 8.45. The van der Waals surface area contributed by atoms with E-state index in [0.29, 0.717) is 5.52 Å². The molecule has 1 heterocycles. The van der Waals surface area contributed by atoms with Crippen molar-refractivity contribution in [1.82, 2.24) is 9.55 Å². The van der Waals surface area contributed by atoms with Gasteiger partial charge in [0.1, 0.15) is 0 Å². The van der Waals surface area contributed by atoms with E-state index in [9.17, 15) is 19.7 Å². The van der Waals surface area contributed by atoms with Gasteiger partial charge in [-0.1, -0.05) is 0 Å². The Labute approximate surface area is 99.6 Å². The van der Waals surface area contributed by atoms with Gasteiger partial charge in [-0.05, 0) is 0 Å². The minimum absolute atomic E-state index is 0.0156. The molecule has 0 aliphatic rings. The number of aryl methyl sites for hydroxylation is 1. The summed E-state index contributed by atoms with van der Waals surface area (Å²) in [5.41, 5.74) is -1.29. The highest BCUT2D eigenvalue weighted by Gasteiger charge is 2.18. The first-order valence-corrected chi connectivity index (χ1v) is 4.91. The van der Waals surface area contributed by atoms with Gasteiger partial charge in [0.2, 0.25) is 0 Å². The smallest absolute Gasteiger partial charge is 0.316 e. The van der Waals surface area contributed by atoms with Gasteiger partial charge in [0.15, 0.2) is 5.75 Å². The lowest BCUT2D eigenvalue weighted by molar-refractivity contribution is -0.385. The molecule has 0 fully saturated rings. The first-order valence-electron chi connectivity index (χ1n) is 4.91. The topological polar surface area (TPSA) is 107 Å². The largest absolute Gasteiger partial charge is 0.490 e. The van der Waals surface area contributed by atoms with Crippen LogP contribution in [0.4, 0.5) is 5.69 Å². The molecule has 0 radical (unpaired) electrons. The second-order valence-electron chi connectivity index (χ2n) is 3.62. The van der Waals surface area contributed by atoms with Crippen molar-refractivity contribution in [3.8, 4) is 5.75 Å². The Kier molecular flexibility index (Phi) is 2.62. The number of fused-ring (bicyclic) bond motifs is 1. The van der Waals surface area contributed by atoms with Crippen molar-refractivity contribution in [2.24, 2.45) is 7.05 Å². The fourth-order valence-electron chi connectivity index (χ4n) is 1.68. The molecule has 0 amide bonds. The molecule has 0 aliphatic carbocycles. The molecule has 0 saturated carbocycles. The van der Waals surface area contributed by atoms with Crippen LogP contribution in [0, 0.1) is 10.1 Å². The summed E-state index contributed by atoms with van der Waals surface area (Å²) < 4.78 is 5.93. The van der Waals surface area contributed by atoms with Gasteiger partial charge < -0.3 is 14.3 Å². The summed E-state index contributed by atoms with van der Waals surface area (Å²) >= 11 is 0. The summed E-state index contributed by atoms with van der Waals surface area (Å²) in [7, 11) is 2.66. The number of hydrogen-bond donors (Lipinski definition) is 1. The number of nitrogens with zero attached hydrogens (tertiary/aromatic N) is 2. The van der Waals surface area contributed by atoms with E-state index in [-0.39, 0.29) is 17.0 Å². The van der Waals surface area contributed by atoms with Crippen LogP contribution < -0.4 is 15.9 Å². The standard InChI is InChI=1S/C10H9N3O5/c1-12-6-4-7(13(16)17)8(18-2)3-5(6)11-9(14)10(12)15/h3-4H,1-2H3,(H,11,14). The molecule has 2 rings (SSSR count). The molecule has 0 saturated heterocycles. The summed E-state index contributed by atoms with van der Waals surface area (Å²) in [6.45, 7) is 0. The molecule has 0 aliphatic heterocycles. The van der Waals surface area contributed by atoms with E-state index in [1.807, 2.05) is 0 Å². The van der Waals surface area contributed by atoms with Gasteiger partial charge in [0, 0.05) is 19.2 Å². The fourth-order valence-corrected chi connectivity index (χ4v) is 1.68. The molecule has 1 aromatic heterocycles. The Balaban J connectivity index is 2.97. The number of benzene rings is 1. The zero-order chi connectivity index (χ0) is 13.4. The maximum Gasteiger partial charge on any atom is 0.316 e. The highest BCUT2D eigenvalue weighted by atomic mass is 16.6. The van der Waals surface area contributed by atoms with Crippen LogP contribution in [-0.4, -0.2) is 21.6 Å². The summed E-state index contributed by atoms with van der Waals surface area (Å²) in [5.74, 6) is 0.0156. The lowest BCUT2D eigenvalue weighted by Gasteiger charge is -2.06. The summed E-state index contributed by atoms with van der Waals surface area (Å²) in [6, 6.07) is 2.50. The molecule has 1 N–H and O–H groups in total. The Morgan fingerprint density at radius 1 is 1.39 bits per heavy atom. The van der Waals surface area contributed by atoms with Crippen LogP contribution in [0.15, 0.2) is 21.7 Å². The third kappa shape index (κ3) is 1.63. The number of nitrogens with one attached hydrogen (secondary N) is 1. The van der Waals surface area contributed by atoms with Crippen molar-refractivity contribution >= 4 is 16.7 Å². The predicted octanol–water partition coefficient (Wildman–Crippen LogP) is 0.144. The van der Waals surface area contributed by atoms with E-state index in [1.54, 1.807) is 0 Å². The summed E-state index contributed by atoms with van der Waals surface area (Å²) in [6.07, 6.45) is 0. The molecule has 0 unspecified atom stereocenters. The fraction of sp³-hybridized carbons (Fsp3) is 0.200. The lowest BCUT2D eigenvalue weighted by atomic mass is 10.2. The quantitative estimate of drug-likeness (QED) is 0.464. The maximum absolute atomic E-state index is 11.4. The predicted molar refractivity (Wildman–Crippen MR) is 63.0 cm³/mol. The van der Waals surface area contributed by atoms with Gasteiger partial charge in [0.25, 0.3) is 0 Å². The van der Waals surface area contributed by atoms with Gasteiger partial charge in [-0.25, -0.2) is 0 Å². The monoisotopic (exact) mass is 251 g/mol. The van der Waals surface area contributed by atoms with Crippen LogP contribution in [0.2, 0.25) is 0 Å². The third-order valence-corrected chi connectivity index (χ3v) is 2.60. The Hall–Kier alpha value is -2.64. The summed E-state index contributed by atoms with van der Waals surface area (Å²) in [4.78, 5) is 35.3. The Morgan fingerprint density at radius 2 is 2.06 bits per heavy atom. The van der Waals surface area contributed by atoms with Gasteiger partial charge in [-0.15, -0.1) is 0 Å². The minimum Gasteiger partial charge on any atom is -0.490 e. The molecule has 94 valence electrons. The molecule has 2 aromatic rings. The highest BCUT2D eigenvalue weighted by molar-refractivity contribution is 5.80. The van der Waals surface area contributed by atoms with Crippen molar-refractivity contribution in [2.45, 2.75) is 0 Å². The van der Waals surface area contributed by atoms with Crippen LogP contribution in [0.1, 0.15) is 0 Å². The Bertz CT molecular complexity index is 758. The third-order valence-electron chi connectivity index (χ3n) is 2.60. The van der Waals surface area contributed by atoms with Gasteiger partial charge in [0.05, 0.1) is 23.1 Å². The SMILES string of the molecule is COc1cc2[nH]c(=O)c(=O)n(C)c2cc1[N+](=O)[O-]. The van der Waals surface area contributed by atoms with Crippen molar-refractivity contribution in [3.05, 3.63) is 43.0 Å². The van der Waals surface area contributed by atoms with E-state index in [0.717, 1.165) is 4.57 Å². The average molecular weight is 251 g/mol. The van der Waals surface area contributed by atoms with Crippen LogP contribution in [0.5, 0.6) is 5.75 Å². The van der Waals surface area contributed by atoms with Crippen molar-refractivity contribution in [3.63, 3.8) is 0 Å². The molecule has 0 spiro atoms. The van der Waals surface area contributed by atoms with Crippen molar-refractivity contribution in [2.75, 3.05) is 7.11 Å². The zero-order valence-electron chi connectivity index (χ0n) is 9.59. The number of aromatic amines is 1. The number of methoxy groups -OCH3 is 1. The van der Waals surface area contributed by atoms with E-state index in [4.69, 9.17) is 4.74 Å². The zero-order valence-corrected chi connectivity index (χ0v) is 9.59. The molecule has 8 heteroatoms. The van der Waals surface area contributed by atoms with E-state index in [1.165, 1.54) is 26.3 Å². The second kappa shape index (κ2) is 3.99. The Morgan fingerprint density at radius 3 is 2.61 bits per heavy atom. The number of rotatable bonds is 2. The molecule has 18 heavy (non-hydrogen) atoms. The number of hydrogen-bond acceptors (Lipinski definition) is 5. The van der Waals surface area contributed by atoms with E-state index >= 15 is 0 Å². The van der Waals surface area contributed by atoms with Gasteiger partial charge in [-0.2, -0.15) is 0 Å².